The number of rotatable bonds is 3. The molecule has 1 heterocycles. The number of benzene rings is 1. The van der Waals surface area contributed by atoms with Gasteiger partial charge in [0, 0.05) is 0 Å². The first-order valence-corrected chi connectivity index (χ1v) is 7.69. The fourth-order valence-electron chi connectivity index (χ4n) is 2.08. The Morgan fingerprint density at radius 2 is 1.85 bits per heavy atom. The largest absolute Gasteiger partial charge is 0.476 e. The van der Waals surface area contributed by atoms with E-state index in [1.165, 1.54) is 13.0 Å². The van der Waals surface area contributed by atoms with Crippen LogP contribution in [0, 0.1) is 6.92 Å². The fourth-order valence-corrected chi connectivity index (χ4v) is 2.08. The maximum Gasteiger partial charge on any atom is 0.423 e. The highest BCUT2D eigenvalue weighted by Crippen LogP contribution is 2.36. The lowest BCUT2D eigenvalue weighted by molar-refractivity contribution is -0.137. The van der Waals surface area contributed by atoms with Crippen LogP contribution in [0.1, 0.15) is 42.4 Å². The zero-order valence-corrected chi connectivity index (χ0v) is 14.9. The third-order valence-electron chi connectivity index (χ3n) is 3.26. The Balaban J connectivity index is 2.62. The predicted molar refractivity (Wildman–Crippen MR) is 88.0 cm³/mol. The van der Waals surface area contributed by atoms with Crippen LogP contribution in [0.25, 0.3) is 0 Å². The van der Waals surface area contributed by atoms with Crippen molar-refractivity contribution in [1.29, 1.82) is 0 Å². The number of ether oxygens (including phenoxy) is 1. The molecule has 0 saturated carbocycles. The third kappa shape index (κ3) is 4.78. The average Bonchev–Trinajstić information content (AvgIpc) is 2.96. The van der Waals surface area contributed by atoms with Crippen molar-refractivity contribution in [3.63, 3.8) is 0 Å². The summed E-state index contributed by atoms with van der Waals surface area (Å²) in [4.78, 5) is 28.0. The number of anilines is 2. The molecule has 2 aromatic rings. The molecule has 2 rings (SSSR count). The molecule has 0 saturated heterocycles. The topological polar surface area (TPSA) is 92.9 Å². The summed E-state index contributed by atoms with van der Waals surface area (Å²) in [6.07, 6.45) is -4.94. The SMILES string of the molecule is Cc1ccc(C(F)(F)F)cc1N(C(=O)OC(C)(C)C)c1nc(C(=O)O)co1. The van der Waals surface area contributed by atoms with Gasteiger partial charge in [-0.2, -0.15) is 23.1 Å². The molecule has 146 valence electrons. The summed E-state index contributed by atoms with van der Waals surface area (Å²) in [6.45, 7) is 6.19. The summed E-state index contributed by atoms with van der Waals surface area (Å²) in [6, 6.07) is 2.26. The minimum Gasteiger partial charge on any atom is -0.476 e. The number of carbonyl (C=O) groups excluding carboxylic acids is 1. The highest BCUT2D eigenvalue weighted by Gasteiger charge is 2.35. The van der Waals surface area contributed by atoms with Gasteiger partial charge < -0.3 is 14.3 Å². The van der Waals surface area contributed by atoms with Crippen LogP contribution in [0.5, 0.6) is 0 Å². The summed E-state index contributed by atoms with van der Waals surface area (Å²) in [7, 11) is 0. The second-order valence-electron chi connectivity index (χ2n) is 6.64. The summed E-state index contributed by atoms with van der Waals surface area (Å²) >= 11 is 0. The van der Waals surface area contributed by atoms with Crippen molar-refractivity contribution >= 4 is 23.8 Å². The maximum absolute atomic E-state index is 13.1. The minimum atomic E-state index is -4.65. The van der Waals surface area contributed by atoms with Crippen molar-refractivity contribution in [1.82, 2.24) is 4.98 Å². The van der Waals surface area contributed by atoms with Gasteiger partial charge in [0.05, 0.1) is 11.3 Å². The quantitative estimate of drug-likeness (QED) is 0.817. The fraction of sp³-hybridized carbons (Fsp3) is 0.353. The van der Waals surface area contributed by atoms with Crippen molar-refractivity contribution < 1.29 is 37.0 Å². The number of carboxylic acids is 1. The van der Waals surface area contributed by atoms with E-state index in [-0.39, 0.29) is 5.69 Å². The molecule has 1 N–H and O–H groups in total. The van der Waals surface area contributed by atoms with Gasteiger partial charge >= 0.3 is 24.3 Å². The van der Waals surface area contributed by atoms with Crippen molar-refractivity contribution in [3.8, 4) is 0 Å². The van der Waals surface area contributed by atoms with Crippen LogP contribution >= 0.6 is 0 Å². The first-order chi connectivity index (χ1) is 12.3. The zero-order chi connectivity index (χ0) is 20.6. The first kappa shape index (κ1) is 20.3. The van der Waals surface area contributed by atoms with Crippen molar-refractivity contribution in [2.45, 2.75) is 39.5 Å². The Hall–Kier alpha value is -3.04. The average molecular weight is 386 g/mol. The summed E-state index contributed by atoms with van der Waals surface area (Å²) in [5.74, 6) is -1.42. The number of amides is 1. The molecule has 0 spiro atoms. The molecule has 10 heteroatoms. The molecule has 1 amide bonds. The number of aromatic carboxylic acids is 1. The maximum atomic E-state index is 13.1. The van der Waals surface area contributed by atoms with Crippen LogP contribution < -0.4 is 4.90 Å². The van der Waals surface area contributed by atoms with Crippen molar-refractivity contribution in [3.05, 3.63) is 41.3 Å². The van der Waals surface area contributed by atoms with Gasteiger partial charge in [0.15, 0.2) is 5.69 Å². The molecule has 0 unspecified atom stereocenters. The highest BCUT2D eigenvalue weighted by atomic mass is 19.4. The van der Waals surface area contributed by atoms with Gasteiger partial charge in [-0.1, -0.05) is 6.07 Å². The molecule has 0 atom stereocenters. The predicted octanol–water partition coefficient (Wildman–Crippen LogP) is 4.77. The van der Waals surface area contributed by atoms with E-state index in [0.717, 1.165) is 18.4 Å². The van der Waals surface area contributed by atoms with E-state index in [0.29, 0.717) is 10.5 Å². The number of alkyl halides is 3. The van der Waals surface area contributed by atoms with Gasteiger partial charge in [0.2, 0.25) is 0 Å². The molecule has 1 aromatic heterocycles. The number of halogens is 3. The second kappa shape index (κ2) is 6.93. The summed E-state index contributed by atoms with van der Waals surface area (Å²) in [5.41, 5.74) is -2.38. The molecular formula is C17H17F3N2O5. The lowest BCUT2D eigenvalue weighted by Crippen LogP contribution is -2.34. The van der Waals surface area contributed by atoms with Gasteiger partial charge in [-0.15, -0.1) is 0 Å². The standard InChI is InChI=1S/C17H17F3N2O5/c1-9-5-6-10(17(18,19)20)7-12(9)22(15(25)27-16(2,3)4)14-21-11(8-26-14)13(23)24/h5-8H,1-4H3,(H,23,24). The van der Waals surface area contributed by atoms with Crippen LogP contribution in [-0.2, 0) is 10.9 Å². The summed E-state index contributed by atoms with van der Waals surface area (Å²) in [5, 5.41) is 8.97. The number of carboxylic acid groups (broad SMARTS) is 1. The van der Waals surface area contributed by atoms with E-state index >= 15 is 0 Å². The van der Waals surface area contributed by atoms with Gasteiger partial charge in [0.25, 0.3) is 0 Å². The Bertz CT molecular complexity index is 868. The molecule has 1 aromatic carbocycles. The lowest BCUT2D eigenvalue weighted by Gasteiger charge is -2.26. The smallest absolute Gasteiger partial charge is 0.423 e. The Labute approximate surface area is 152 Å². The monoisotopic (exact) mass is 386 g/mol. The molecule has 0 radical (unpaired) electrons. The van der Waals surface area contributed by atoms with Gasteiger partial charge in [-0.25, -0.2) is 9.59 Å². The van der Waals surface area contributed by atoms with Crippen LogP contribution in [0.4, 0.5) is 29.7 Å². The van der Waals surface area contributed by atoms with E-state index in [1.807, 2.05) is 0 Å². The molecule has 0 aliphatic carbocycles. The van der Waals surface area contributed by atoms with Gasteiger partial charge in [-0.05, 0) is 45.4 Å². The van der Waals surface area contributed by atoms with Gasteiger partial charge in [0.1, 0.15) is 11.9 Å². The number of oxazole rings is 1. The number of aryl methyl sites for hydroxylation is 1. The third-order valence-corrected chi connectivity index (χ3v) is 3.26. The Morgan fingerprint density at radius 3 is 2.33 bits per heavy atom. The van der Waals surface area contributed by atoms with E-state index in [4.69, 9.17) is 14.3 Å². The molecule has 7 nitrogen and oxygen atoms in total. The van der Waals surface area contributed by atoms with Crippen LogP contribution in [0.3, 0.4) is 0 Å². The van der Waals surface area contributed by atoms with Gasteiger partial charge in [-0.3, -0.25) is 0 Å². The molecular weight excluding hydrogens is 369 g/mol. The van der Waals surface area contributed by atoms with Crippen LogP contribution in [-0.4, -0.2) is 27.8 Å². The molecule has 0 aliphatic rings. The summed E-state index contributed by atoms with van der Waals surface area (Å²) < 4.78 is 49.5. The number of hydrogen-bond donors (Lipinski definition) is 1. The normalized spacial score (nSPS) is 12.0. The highest BCUT2D eigenvalue weighted by molar-refractivity contribution is 5.95. The second-order valence-corrected chi connectivity index (χ2v) is 6.64. The van der Waals surface area contributed by atoms with Crippen molar-refractivity contribution in [2.24, 2.45) is 0 Å². The van der Waals surface area contributed by atoms with E-state index in [1.54, 1.807) is 20.8 Å². The number of carbonyl (C=O) groups is 2. The number of hydrogen-bond acceptors (Lipinski definition) is 5. The van der Waals surface area contributed by atoms with E-state index < -0.39 is 41.1 Å². The van der Waals surface area contributed by atoms with E-state index in [2.05, 4.69) is 4.98 Å². The number of aromatic nitrogens is 1. The Kier molecular flexibility index (Phi) is 5.21. The zero-order valence-electron chi connectivity index (χ0n) is 14.9. The van der Waals surface area contributed by atoms with Crippen LogP contribution in [0.15, 0.2) is 28.9 Å². The molecule has 27 heavy (non-hydrogen) atoms. The lowest BCUT2D eigenvalue weighted by atomic mass is 10.1. The Morgan fingerprint density at radius 1 is 1.22 bits per heavy atom. The van der Waals surface area contributed by atoms with Crippen LogP contribution in [0.2, 0.25) is 0 Å². The van der Waals surface area contributed by atoms with Crippen molar-refractivity contribution in [2.75, 3.05) is 4.90 Å². The molecule has 0 fully saturated rings. The molecule has 0 bridgehead atoms. The van der Waals surface area contributed by atoms with E-state index in [9.17, 15) is 22.8 Å². The number of nitrogens with zero attached hydrogens (tertiary/aromatic N) is 2. The minimum absolute atomic E-state index is 0.196. The first-order valence-electron chi connectivity index (χ1n) is 7.69. The molecule has 0 aliphatic heterocycles.